The molecular weight excluding hydrogens is 164 g/mol. The van der Waals surface area contributed by atoms with Gasteiger partial charge in [-0.15, -0.1) is 5.10 Å². The molecule has 1 aromatic heterocycles. The maximum Gasteiger partial charge on any atom is 0.122 e. The quantitative estimate of drug-likeness (QED) is 0.688. The van der Waals surface area contributed by atoms with Gasteiger partial charge in [0.05, 0.1) is 5.71 Å². The topological polar surface area (TPSA) is 63.6 Å². The van der Waals surface area contributed by atoms with Crippen LogP contribution in [-0.2, 0) is 0 Å². The van der Waals surface area contributed by atoms with E-state index in [1.165, 1.54) is 0 Å². The second-order valence-electron chi connectivity index (χ2n) is 2.88. The summed E-state index contributed by atoms with van der Waals surface area (Å²) in [5.74, 6) is 0.604. The lowest BCUT2D eigenvalue weighted by Gasteiger charge is -2.08. The number of aromatic nitrogens is 1. The second-order valence-corrected chi connectivity index (χ2v) is 2.88. The minimum absolute atomic E-state index is 0.604. The monoisotopic (exact) mass is 174 g/mol. The van der Waals surface area contributed by atoms with Gasteiger partial charge in [-0.3, -0.25) is 4.98 Å². The summed E-state index contributed by atoms with van der Waals surface area (Å²) in [6.07, 6.45) is 5.16. The van der Waals surface area contributed by atoms with Gasteiger partial charge in [0.2, 0.25) is 0 Å². The molecule has 0 spiro atoms. The van der Waals surface area contributed by atoms with Crippen LogP contribution in [0.5, 0.6) is 0 Å². The van der Waals surface area contributed by atoms with Crippen LogP contribution in [0.4, 0.5) is 0 Å². The van der Waals surface area contributed by atoms with E-state index in [9.17, 15) is 0 Å². The Morgan fingerprint density at radius 3 is 2.77 bits per heavy atom. The molecule has 0 fully saturated rings. The van der Waals surface area contributed by atoms with E-state index < -0.39 is 0 Å². The largest absolute Gasteiger partial charge is 0.386 e. The molecule has 0 saturated heterocycles. The Kier molecular flexibility index (Phi) is 2.04. The summed E-state index contributed by atoms with van der Waals surface area (Å²) in [7, 11) is 0. The van der Waals surface area contributed by atoms with Crippen molar-refractivity contribution in [1.82, 2.24) is 4.98 Å². The molecule has 2 N–H and O–H groups in total. The van der Waals surface area contributed by atoms with E-state index >= 15 is 0 Å². The molecule has 66 valence electrons. The fourth-order valence-corrected chi connectivity index (χ4v) is 1.21. The minimum Gasteiger partial charge on any atom is -0.386 e. The number of pyridine rings is 1. The first-order valence-corrected chi connectivity index (χ1v) is 4.15. The number of rotatable bonds is 1. The first-order chi connectivity index (χ1) is 6.36. The third-order valence-electron chi connectivity index (χ3n) is 1.91. The molecule has 0 bridgehead atoms. The van der Waals surface area contributed by atoms with Crippen molar-refractivity contribution in [3.63, 3.8) is 0 Å². The Morgan fingerprint density at radius 1 is 1.23 bits per heavy atom. The van der Waals surface area contributed by atoms with E-state index in [2.05, 4.69) is 15.2 Å². The minimum atomic E-state index is 0.604. The SMILES string of the molecule is NC1=NN=C(c2cccnc2)CC1. The lowest BCUT2D eigenvalue weighted by atomic mass is 10.1. The predicted molar refractivity (Wildman–Crippen MR) is 51.6 cm³/mol. The van der Waals surface area contributed by atoms with Gasteiger partial charge in [0.15, 0.2) is 0 Å². The third kappa shape index (κ3) is 1.72. The molecular formula is C9H10N4. The molecule has 0 radical (unpaired) electrons. The molecule has 0 amide bonds. The molecule has 4 heteroatoms. The van der Waals surface area contributed by atoms with E-state index in [-0.39, 0.29) is 0 Å². The van der Waals surface area contributed by atoms with Crippen LogP contribution in [-0.4, -0.2) is 16.5 Å². The highest BCUT2D eigenvalue weighted by molar-refractivity contribution is 6.03. The average Bonchev–Trinajstić information content (AvgIpc) is 2.20. The molecule has 13 heavy (non-hydrogen) atoms. The molecule has 1 aliphatic rings. The van der Waals surface area contributed by atoms with Gasteiger partial charge in [0.1, 0.15) is 5.84 Å². The van der Waals surface area contributed by atoms with Crippen LogP contribution in [0.3, 0.4) is 0 Å². The average molecular weight is 174 g/mol. The Morgan fingerprint density at radius 2 is 2.15 bits per heavy atom. The standard InChI is InChI=1S/C9H10N4/c10-9-4-3-8(12-13-9)7-2-1-5-11-6-7/h1-2,5-6H,3-4H2,(H2,10,13). The summed E-state index contributed by atoms with van der Waals surface area (Å²) in [6, 6.07) is 3.86. The number of nitrogens with two attached hydrogens (primary N) is 1. The number of hydrogen-bond donors (Lipinski definition) is 1. The van der Waals surface area contributed by atoms with Crippen molar-refractivity contribution < 1.29 is 0 Å². The highest BCUT2D eigenvalue weighted by Crippen LogP contribution is 2.09. The van der Waals surface area contributed by atoms with Crippen LogP contribution in [0, 0.1) is 0 Å². The first-order valence-electron chi connectivity index (χ1n) is 4.15. The molecule has 4 nitrogen and oxygen atoms in total. The van der Waals surface area contributed by atoms with Crippen LogP contribution < -0.4 is 5.73 Å². The summed E-state index contributed by atoms with van der Waals surface area (Å²) in [4.78, 5) is 4.02. The molecule has 1 aliphatic heterocycles. The van der Waals surface area contributed by atoms with Crippen LogP contribution in [0.1, 0.15) is 18.4 Å². The lowest BCUT2D eigenvalue weighted by molar-refractivity contribution is 1.02. The summed E-state index contributed by atoms with van der Waals surface area (Å²) in [5.41, 5.74) is 7.49. The van der Waals surface area contributed by atoms with Crippen molar-refractivity contribution >= 4 is 11.5 Å². The van der Waals surface area contributed by atoms with E-state index in [4.69, 9.17) is 5.73 Å². The van der Waals surface area contributed by atoms with Crippen LogP contribution in [0.25, 0.3) is 0 Å². The van der Waals surface area contributed by atoms with Gasteiger partial charge < -0.3 is 5.73 Å². The first kappa shape index (κ1) is 7.91. The summed E-state index contributed by atoms with van der Waals surface area (Å²) in [5, 5.41) is 7.86. The smallest absolute Gasteiger partial charge is 0.122 e. The van der Waals surface area contributed by atoms with Crippen molar-refractivity contribution in [1.29, 1.82) is 0 Å². The highest BCUT2D eigenvalue weighted by atomic mass is 15.2. The van der Waals surface area contributed by atoms with Crippen LogP contribution in [0.2, 0.25) is 0 Å². The number of amidine groups is 1. The Labute approximate surface area is 76.2 Å². The van der Waals surface area contributed by atoms with Crippen molar-refractivity contribution in [2.75, 3.05) is 0 Å². The third-order valence-corrected chi connectivity index (χ3v) is 1.91. The highest BCUT2D eigenvalue weighted by Gasteiger charge is 2.08. The second kappa shape index (κ2) is 3.35. The van der Waals surface area contributed by atoms with Gasteiger partial charge in [0, 0.05) is 24.4 Å². The summed E-state index contributed by atoms with van der Waals surface area (Å²) in [6.45, 7) is 0. The normalized spacial score (nSPS) is 16.3. The van der Waals surface area contributed by atoms with E-state index in [1.807, 2.05) is 12.1 Å². The fourth-order valence-electron chi connectivity index (χ4n) is 1.21. The number of hydrogen-bond acceptors (Lipinski definition) is 4. The van der Waals surface area contributed by atoms with E-state index in [0.29, 0.717) is 5.84 Å². The lowest BCUT2D eigenvalue weighted by Crippen LogP contribution is -2.17. The zero-order valence-corrected chi connectivity index (χ0v) is 7.14. The van der Waals surface area contributed by atoms with E-state index in [1.54, 1.807) is 12.4 Å². The van der Waals surface area contributed by atoms with Gasteiger partial charge >= 0.3 is 0 Å². The Bertz CT molecular complexity index is 353. The van der Waals surface area contributed by atoms with Crippen LogP contribution in [0.15, 0.2) is 34.7 Å². The zero-order chi connectivity index (χ0) is 9.10. The fraction of sp³-hybridized carbons (Fsp3) is 0.222. The Hall–Kier alpha value is -1.71. The molecule has 0 atom stereocenters. The molecule has 0 aromatic carbocycles. The van der Waals surface area contributed by atoms with Crippen molar-refractivity contribution in [2.24, 2.45) is 15.9 Å². The maximum absolute atomic E-state index is 5.50. The zero-order valence-electron chi connectivity index (χ0n) is 7.14. The van der Waals surface area contributed by atoms with Crippen molar-refractivity contribution in [2.45, 2.75) is 12.8 Å². The van der Waals surface area contributed by atoms with Gasteiger partial charge in [-0.2, -0.15) is 5.10 Å². The van der Waals surface area contributed by atoms with Crippen molar-refractivity contribution in [3.05, 3.63) is 30.1 Å². The molecule has 2 heterocycles. The molecule has 2 rings (SSSR count). The van der Waals surface area contributed by atoms with Gasteiger partial charge in [-0.1, -0.05) is 6.07 Å². The number of nitrogens with zero attached hydrogens (tertiary/aromatic N) is 3. The predicted octanol–water partition coefficient (Wildman–Crippen LogP) is 0.937. The van der Waals surface area contributed by atoms with Crippen molar-refractivity contribution in [3.8, 4) is 0 Å². The molecule has 0 saturated carbocycles. The summed E-state index contributed by atoms with van der Waals surface area (Å²) < 4.78 is 0. The van der Waals surface area contributed by atoms with Gasteiger partial charge in [-0.05, 0) is 12.5 Å². The Balaban J connectivity index is 2.29. The molecule has 0 unspecified atom stereocenters. The molecule has 0 aliphatic carbocycles. The summed E-state index contributed by atoms with van der Waals surface area (Å²) >= 11 is 0. The van der Waals surface area contributed by atoms with Gasteiger partial charge in [-0.25, -0.2) is 0 Å². The van der Waals surface area contributed by atoms with E-state index in [0.717, 1.165) is 24.1 Å². The van der Waals surface area contributed by atoms with Gasteiger partial charge in [0.25, 0.3) is 0 Å². The van der Waals surface area contributed by atoms with Crippen LogP contribution >= 0.6 is 0 Å². The maximum atomic E-state index is 5.50. The molecule has 1 aromatic rings.